The summed E-state index contributed by atoms with van der Waals surface area (Å²) in [7, 11) is 0. The Morgan fingerprint density at radius 2 is 2.00 bits per heavy atom. The lowest BCUT2D eigenvalue weighted by molar-refractivity contribution is -0.137. The fourth-order valence-electron chi connectivity index (χ4n) is 3.53. The van der Waals surface area contributed by atoms with Gasteiger partial charge in [-0.25, -0.2) is 4.79 Å². The Hall–Kier alpha value is -2.83. The number of carbonyl (C=O) groups excluding carboxylic acids is 1. The molecule has 2 aromatic rings. The number of benzene rings is 1. The van der Waals surface area contributed by atoms with E-state index in [1.165, 1.54) is 0 Å². The number of hydrogen-bond acceptors (Lipinski definition) is 5. The zero-order valence-corrected chi connectivity index (χ0v) is 16.0. The number of ether oxygens (including phenoxy) is 1. The van der Waals surface area contributed by atoms with Crippen LogP contribution in [0, 0.1) is 0 Å². The van der Waals surface area contributed by atoms with Crippen molar-refractivity contribution < 1.29 is 23.8 Å². The van der Waals surface area contributed by atoms with E-state index >= 15 is 0 Å². The smallest absolute Gasteiger partial charge is 0.339 e. The molecular formula is C21H25NO6. The van der Waals surface area contributed by atoms with Gasteiger partial charge in [0.25, 0.3) is 5.91 Å². The van der Waals surface area contributed by atoms with Crippen LogP contribution in [-0.2, 0) is 22.4 Å². The predicted molar refractivity (Wildman–Crippen MR) is 104 cm³/mol. The molecule has 1 aliphatic rings. The third-order valence-corrected chi connectivity index (χ3v) is 4.99. The molecule has 3 rings (SSSR count). The first-order chi connectivity index (χ1) is 13.5. The monoisotopic (exact) mass is 387 g/mol. The van der Waals surface area contributed by atoms with Gasteiger partial charge in [-0.3, -0.25) is 9.59 Å². The molecule has 150 valence electrons. The first-order valence-electron chi connectivity index (χ1n) is 9.70. The number of fused-ring (bicyclic) bond motifs is 3. The normalized spacial score (nSPS) is 13.9. The molecule has 0 bridgehead atoms. The summed E-state index contributed by atoms with van der Waals surface area (Å²) in [6.07, 6.45) is 4.12. The van der Waals surface area contributed by atoms with E-state index < -0.39 is 12.1 Å². The molecule has 2 N–H and O–H groups in total. The Kier molecular flexibility index (Phi) is 6.34. The molecule has 0 saturated carbocycles. The van der Waals surface area contributed by atoms with Crippen LogP contribution in [0.1, 0.15) is 50.2 Å². The highest BCUT2D eigenvalue weighted by atomic mass is 16.5. The summed E-state index contributed by atoms with van der Waals surface area (Å²) in [6, 6.07) is 5.33. The number of carboxylic acids is 1. The van der Waals surface area contributed by atoms with Gasteiger partial charge >= 0.3 is 11.6 Å². The van der Waals surface area contributed by atoms with Gasteiger partial charge in [0.15, 0.2) is 6.10 Å². The second-order valence-corrected chi connectivity index (χ2v) is 7.11. The lowest BCUT2D eigenvalue weighted by Crippen LogP contribution is -2.36. The van der Waals surface area contributed by atoms with Crippen LogP contribution in [-0.4, -0.2) is 29.6 Å². The Labute approximate surface area is 162 Å². The second kappa shape index (κ2) is 8.91. The van der Waals surface area contributed by atoms with Crippen molar-refractivity contribution >= 4 is 22.8 Å². The van der Waals surface area contributed by atoms with Crippen LogP contribution in [0.4, 0.5) is 0 Å². The van der Waals surface area contributed by atoms with Crippen molar-refractivity contribution in [2.24, 2.45) is 0 Å². The quantitative estimate of drug-likeness (QED) is 0.506. The van der Waals surface area contributed by atoms with Crippen molar-refractivity contribution in [1.82, 2.24) is 5.32 Å². The largest absolute Gasteiger partial charge is 0.481 e. The maximum atomic E-state index is 12.2. The average Bonchev–Trinajstić information content (AvgIpc) is 3.14. The summed E-state index contributed by atoms with van der Waals surface area (Å²) in [4.78, 5) is 34.7. The van der Waals surface area contributed by atoms with E-state index in [2.05, 4.69) is 5.32 Å². The number of hydrogen-bond donors (Lipinski definition) is 2. The van der Waals surface area contributed by atoms with Crippen molar-refractivity contribution in [3.63, 3.8) is 0 Å². The van der Waals surface area contributed by atoms with Gasteiger partial charge < -0.3 is 19.6 Å². The molecule has 0 radical (unpaired) electrons. The van der Waals surface area contributed by atoms with Gasteiger partial charge in [0.2, 0.25) is 0 Å². The van der Waals surface area contributed by atoms with Crippen LogP contribution < -0.4 is 15.7 Å². The number of unbranched alkanes of at least 4 members (excludes halogenated alkanes) is 2. The summed E-state index contributed by atoms with van der Waals surface area (Å²) in [5, 5.41) is 12.3. The summed E-state index contributed by atoms with van der Waals surface area (Å²) < 4.78 is 11.1. The minimum absolute atomic E-state index is 0.148. The molecule has 7 heteroatoms. The minimum Gasteiger partial charge on any atom is -0.481 e. The SMILES string of the molecule is C[C@H](Oc1ccc2c3c(c(=O)oc2c1)CCC3)C(=O)NCCCCCC(=O)O. The van der Waals surface area contributed by atoms with E-state index in [1.807, 2.05) is 6.07 Å². The first-order valence-corrected chi connectivity index (χ1v) is 9.70. The number of aliphatic carboxylic acids is 1. The van der Waals surface area contributed by atoms with E-state index in [4.69, 9.17) is 14.3 Å². The zero-order valence-electron chi connectivity index (χ0n) is 16.0. The Balaban J connectivity index is 1.55. The number of aryl methyl sites for hydroxylation is 1. The van der Waals surface area contributed by atoms with Crippen LogP contribution in [0.5, 0.6) is 5.75 Å². The van der Waals surface area contributed by atoms with E-state index in [0.717, 1.165) is 48.6 Å². The summed E-state index contributed by atoms with van der Waals surface area (Å²) in [5.41, 5.74) is 2.03. The third kappa shape index (κ3) is 4.71. The van der Waals surface area contributed by atoms with Crippen molar-refractivity contribution in [3.8, 4) is 5.75 Å². The molecule has 28 heavy (non-hydrogen) atoms. The van der Waals surface area contributed by atoms with Gasteiger partial charge in [0.1, 0.15) is 11.3 Å². The highest BCUT2D eigenvalue weighted by molar-refractivity contribution is 5.84. The van der Waals surface area contributed by atoms with Crippen LogP contribution in [0.25, 0.3) is 11.0 Å². The molecule has 0 spiro atoms. The Morgan fingerprint density at radius 1 is 1.21 bits per heavy atom. The lowest BCUT2D eigenvalue weighted by Gasteiger charge is -2.15. The van der Waals surface area contributed by atoms with Crippen LogP contribution in [0.15, 0.2) is 27.4 Å². The molecule has 0 saturated heterocycles. The van der Waals surface area contributed by atoms with E-state index in [-0.39, 0.29) is 18.0 Å². The topological polar surface area (TPSA) is 106 Å². The molecule has 0 aliphatic heterocycles. The zero-order chi connectivity index (χ0) is 20.1. The van der Waals surface area contributed by atoms with Crippen molar-refractivity contribution in [1.29, 1.82) is 0 Å². The standard InChI is InChI=1S/C21H25NO6/c1-13(20(25)22-11-4-2-3-8-19(23)24)27-14-9-10-16-15-6-5-7-17(15)21(26)28-18(16)12-14/h9-10,12-13H,2-8,11H2,1H3,(H,22,25)(H,23,24)/t13-/m0/s1. The van der Waals surface area contributed by atoms with Gasteiger partial charge in [0, 0.05) is 30.0 Å². The fourth-order valence-corrected chi connectivity index (χ4v) is 3.53. The fraction of sp³-hybridized carbons (Fsp3) is 0.476. The maximum Gasteiger partial charge on any atom is 0.339 e. The van der Waals surface area contributed by atoms with Gasteiger partial charge in [0.05, 0.1) is 0 Å². The number of amides is 1. The molecule has 1 aromatic carbocycles. The summed E-state index contributed by atoms with van der Waals surface area (Å²) >= 11 is 0. The number of rotatable bonds is 9. The molecule has 1 atom stereocenters. The average molecular weight is 387 g/mol. The number of carbonyl (C=O) groups is 2. The highest BCUT2D eigenvalue weighted by Crippen LogP contribution is 2.29. The predicted octanol–water partition coefficient (Wildman–Crippen LogP) is 2.81. The number of nitrogens with one attached hydrogen (secondary N) is 1. The van der Waals surface area contributed by atoms with Crippen molar-refractivity contribution in [2.75, 3.05) is 6.54 Å². The molecule has 0 fully saturated rings. The molecule has 1 aliphatic carbocycles. The molecule has 0 unspecified atom stereocenters. The Bertz CT molecular complexity index is 932. The summed E-state index contributed by atoms with van der Waals surface area (Å²) in [6.45, 7) is 2.13. The maximum absolute atomic E-state index is 12.2. The van der Waals surface area contributed by atoms with Crippen LogP contribution in [0.2, 0.25) is 0 Å². The van der Waals surface area contributed by atoms with Gasteiger partial charge in [-0.1, -0.05) is 6.42 Å². The van der Waals surface area contributed by atoms with E-state index in [9.17, 15) is 14.4 Å². The van der Waals surface area contributed by atoms with E-state index in [0.29, 0.717) is 24.3 Å². The minimum atomic E-state index is -0.803. The van der Waals surface area contributed by atoms with Crippen molar-refractivity contribution in [2.45, 2.75) is 58.0 Å². The molecule has 1 aromatic heterocycles. The third-order valence-electron chi connectivity index (χ3n) is 4.99. The molecule has 1 heterocycles. The second-order valence-electron chi connectivity index (χ2n) is 7.11. The Morgan fingerprint density at radius 3 is 2.79 bits per heavy atom. The van der Waals surface area contributed by atoms with E-state index in [1.54, 1.807) is 19.1 Å². The van der Waals surface area contributed by atoms with Crippen LogP contribution >= 0.6 is 0 Å². The highest BCUT2D eigenvalue weighted by Gasteiger charge is 2.20. The summed E-state index contributed by atoms with van der Waals surface area (Å²) in [5.74, 6) is -0.575. The van der Waals surface area contributed by atoms with Gasteiger partial charge in [-0.05, 0) is 56.7 Å². The van der Waals surface area contributed by atoms with Gasteiger partial charge in [-0.15, -0.1) is 0 Å². The van der Waals surface area contributed by atoms with Crippen molar-refractivity contribution in [3.05, 3.63) is 39.7 Å². The first kappa shape index (κ1) is 19.9. The lowest BCUT2D eigenvalue weighted by atomic mass is 10.1. The molecular weight excluding hydrogens is 362 g/mol. The molecule has 1 amide bonds. The number of carboxylic acid groups (broad SMARTS) is 1. The molecule has 7 nitrogen and oxygen atoms in total. The van der Waals surface area contributed by atoms with Crippen LogP contribution in [0.3, 0.4) is 0 Å². The van der Waals surface area contributed by atoms with Gasteiger partial charge in [-0.2, -0.15) is 0 Å².